The summed E-state index contributed by atoms with van der Waals surface area (Å²) in [5.74, 6) is -0.481. The summed E-state index contributed by atoms with van der Waals surface area (Å²) in [6.07, 6.45) is -4.43. The maximum absolute atomic E-state index is 12.4. The van der Waals surface area contributed by atoms with E-state index in [1.165, 1.54) is 12.1 Å². The zero-order valence-corrected chi connectivity index (χ0v) is 11.3. The van der Waals surface area contributed by atoms with Crippen molar-refractivity contribution in [1.82, 2.24) is 5.16 Å². The Bertz CT molecular complexity index is 690. The SMILES string of the molecule is O=S(=O)(Cl)Cc1cc(-c2ccc(C(F)(F)F)s2)on1. The van der Waals surface area contributed by atoms with Gasteiger partial charge in [-0.1, -0.05) is 5.16 Å². The molecule has 0 aliphatic carbocycles. The molecule has 0 atom stereocenters. The topological polar surface area (TPSA) is 60.2 Å². The van der Waals surface area contributed by atoms with Crippen LogP contribution in [0, 0.1) is 0 Å². The fourth-order valence-electron chi connectivity index (χ4n) is 1.30. The molecule has 0 N–H and O–H groups in total. The smallest absolute Gasteiger partial charge is 0.355 e. The summed E-state index contributed by atoms with van der Waals surface area (Å²) in [7, 11) is 1.24. The number of alkyl halides is 3. The van der Waals surface area contributed by atoms with Gasteiger partial charge < -0.3 is 4.52 Å². The van der Waals surface area contributed by atoms with E-state index in [1.54, 1.807) is 0 Å². The molecule has 104 valence electrons. The van der Waals surface area contributed by atoms with Gasteiger partial charge in [0.25, 0.3) is 0 Å². The normalized spacial score (nSPS) is 12.8. The van der Waals surface area contributed by atoms with E-state index in [-0.39, 0.29) is 16.3 Å². The van der Waals surface area contributed by atoms with Crippen LogP contribution in [-0.2, 0) is 21.0 Å². The highest BCUT2D eigenvalue weighted by atomic mass is 35.7. The van der Waals surface area contributed by atoms with E-state index in [2.05, 4.69) is 5.16 Å². The Kier molecular flexibility index (Phi) is 3.63. The van der Waals surface area contributed by atoms with Crippen molar-refractivity contribution in [3.05, 3.63) is 28.8 Å². The Morgan fingerprint density at radius 1 is 1.37 bits per heavy atom. The molecule has 0 aliphatic heterocycles. The first-order valence-electron chi connectivity index (χ1n) is 4.70. The van der Waals surface area contributed by atoms with Gasteiger partial charge in [-0.3, -0.25) is 0 Å². The lowest BCUT2D eigenvalue weighted by Crippen LogP contribution is -2.00. The van der Waals surface area contributed by atoms with Crippen LogP contribution in [0.4, 0.5) is 13.2 Å². The maximum atomic E-state index is 12.4. The molecule has 2 aromatic heterocycles. The van der Waals surface area contributed by atoms with Crippen molar-refractivity contribution in [2.45, 2.75) is 11.9 Å². The van der Waals surface area contributed by atoms with Crippen molar-refractivity contribution in [1.29, 1.82) is 0 Å². The minimum absolute atomic E-state index is 0.0342. The Balaban J connectivity index is 2.26. The summed E-state index contributed by atoms with van der Waals surface area (Å²) in [5.41, 5.74) is 0.0342. The average molecular weight is 332 g/mol. The molecule has 0 saturated heterocycles. The summed E-state index contributed by atoms with van der Waals surface area (Å²) in [4.78, 5) is -0.566. The highest BCUT2D eigenvalue weighted by Crippen LogP contribution is 2.38. The zero-order valence-electron chi connectivity index (χ0n) is 8.94. The minimum Gasteiger partial charge on any atom is -0.355 e. The molecule has 0 unspecified atom stereocenters. The lowest BCUT2D eigenvalue weighted by atomic mass is 10.3. The number of thiophene rings is 1. The van der Waals surface area contributed by atoms with Gasteiger partial charge in [-0.05, 0) is 12.1 Å². The molecule has 19 heavy (non-hydrogen) atoms. The molecule has 0 aromatic carbocycles. The first kappa shape index (κ1) is 14.4. The highest BCUT2D eigenvalue weighted by Gasteiger charge is 2.32. The van der Waals surface area contributed by atoms with Crippen LogP contribution >= 0.6 is 22.0 Å². The molecular weight excluding hydrogens is 327 g/mol. The predicted octanol–water partition coefficient (Wildman–Crippen LogP) is 3.49. The van der Waals surface area contributed by atoms with Crippen molar-refractivity contribution in [2.75, 3.05) is 0 Å². The fourth-order valence-corrected chi connectivity index (χ4v) is 2.94. The third-order valence-electron chi connectivity index (χ3n) is 2.01. The van der Waals surface area contributed by atoms with Gasteiger partial charge in [-0.2, -0.15) is 13.2 Å². The fraction of sp³-hybridized carbons (Fsp3) is 0.222. The number of rotatable bonds is 3. The summed E-state index contributed by atoms with van der Waals surface area (Å²) in [6.45, 7) is 0. The van der Waals surface area contributed by atoms with E-state index in [0.717, 1.165) is 6.07 Å². The van der Waals surface area contributed by atoms with E-state index in [0.29, 0.717) is 11.3 Å². The van der Waals surface area contributed by atoms with E-state index >= 15 is 0 Å². The molecular formula is C9H5ClF3NO3S2. The molecule has 10 heteroatoms. The van der Waals surface area contributed by atoms with E-state index in [4.69, 9.17) is 15.2 Å². The standard InChI is InChI=1S/C9H5ClF3NO3S2/c10-19(15,16)4-5-3-6(17-14-5)7-1-2-8(18-7)9(11,12)13/h1-3H,4H2. The van der Waals surface area contributed by atoms with Crippen LogP contribution in [0.5, 0.6) is 0 Å². The van der Waals surface area contributed by atoms with Crippen LogP contribution < -0.4 is 0 Å². The second kappa shape index (κ2) is 4.80. The van der Waals surface area contributed by atoms with Crippen molar-refractivity contribution in [3.8, 4) is 10.6 Å². The molecule has 2 heterocycles. The van der Waals surface area contributed by atoms with Crippen LogP contribution in [0.1, 0.15) is 10.6 Å². The monoisotopic (exact) mass is 331 g/mol. The number of hydrogen-bond acceptors (Lipinski definition) is 5. The van der Waals surface area contributed by atoms with Crippen LogP contribution in [0.15, 0.2) is 22.7 Å². The number of halogens is 4. The van der Waals surface area contributed by atoms with Gasteiger partial charge in [0, 0.05) is 16.7 Å². The van der Waals surface area contributed by atoms with Gasteiger partial charge in [0.1, 0.15) is 16.3 Å². The van der Waals surface area contributed by atoms with Crippen molar-refractivity contribution < 1.29 is 26.1 Å². The average Bonchev–Trinajstić information content (AvgIpc) is 2.80. The van der Waals surface area contributed by atoms with Crippen LogP contribution in [0.3, 0.4) is 0 Å². The van der Waals surface area contributed by atoms with Gasteiger partial charge in [-0.25, -0.2) is 8.42 Å². The van der Waals surface area contributed by atoms with Crippen LogP contribution in [0.2, 0.25) is 0 Å². The Morgan fingerprint density at radius 3 is 2.58 bits per heavy atom. The molecule has 0 radical (unpaired) electrons. The van der Waals surface area contributed by atoms with Gasteiger partial charge in [0.15, 0.2) is 5.76 Å². The van der Waals surface area contributed by atoms with Crippen molar-refractivity contribution in [3.63, 3.8) is 0 Å². The maximum Gasteiger partial charge on any atom is 0.425 e. The molecule has 2 rings (SSSR count). The van der Waals surface area contributed by atoms with Crippen molar-refractivity contribution in [2.24, 2.45) is 0 Å². The predicted molar refractivity (Wildman–Crippen MR) is 63.3 cm³/mol. The van der Waals surface area contributed by atoms with Crippen LogP contribution in [-0.4, -0.2) is 13.6 Å². The molecule has 2 aromatic rings. The van der Waals surface area contributed by atoms with E-state index in [1.807, 2.05) is 0 Å². The van der Waals surface area contributed by atoms with Gasteiger partial charge >= 0.3 is 6.18 Å². The summed E-state index contributed by atoms with van der Waals surface area (Å²) < 4.78 is 63.7. The third-order valence-corrected chi connectivity index (χ3v) is 4.12. The third kappa shape index (κ3) is 3.71. The minimum atomic E-state index is -4.43. The van der Waals surface area contributed by atoms with Gasteiger partial charge in [0.05, 0.1) is 4.88 Å². The Labute approximate surface area is 114 Å². The van der Waals surface area contributed by atoms with E-state index in [9.17, 15) is 21.6 Å². The molecule has 0 aliphatic rings. The molecule has 0 spiro atoms. The number of aromatic nitrogens is 1. The Hall–Kier alpha value is -1.06. The lowest BCUT2D eigenvalue weighted by molar-refractivity contribution is -0.134. The first-order chi connectivity index (χ1) is 8.65. The molecule has 0 amide bonds. The highest BCUT2D eigenvalue weighted by molar-refractivity contribution is 8.13. The second-order valence-electron chi connectivity index (χ2n) is 3.53. The van der Waals surface area contributed by atoms with Crippen molar-refractivity contribution >= 4 is 31.1 Å². The summed E-state index contributed by atoms with van der Waals surface area (Å²) in [5, 5.41) is 3.44. The summed E-state index contributed by atoms with van der Waals surface area (Å²) in [6, 6.07) is 3.39. The van der Waals surface area contributed by atoms with Gasteiger partial charge in [0.2, 0.25) is 9.05 Å². The second-order valence-corrected chi connectivity index (χ2v) is 7.39. The summed E-state index contributed by atoms with van der Waals surface area (Å²) >= 11 is 0.483. The lowest BCUT2D eigenvalue weighted by Gasteiger charge is -2.00. The molecule has 0 bridgehead atoms. The number of nitrogens with zero attached hydrogens (tertiary/aromatic N) is 1. The van der Waals surface area contributed by atoms with E-state index < -0.39 is 25.9 Å². The van der Waals surface area contributed by atoms with Gasteiger partial charge in [-0.15, -0.1) is 11.3 Å². The number of hydrogen-bond donors (Lipinski definition) is 0. The molecule has 0 fully saturated rings. The van der Waals surface area contributed by atoms with Crippen LogP contribution in [0.25, 0.3) is 10.6 Å². The first-order valence-corrected chi connectivity index (χ1v) is 8.00. The molecule has 0 saturated carbocycles. The largest absolute Gasteiger partial charge is 0.425 e. The Morgan fingerprint density at radius 2 is 2.05 bits per heavy atom. The quantitative estimate of drug-likeness (QED) is 0.808. The molecule has 4 nitrogen and oxygen atoms in total. The zero-order chi connectivity index (χ0) is 14.3.